The van der Waals surface area contributed by atoms with E-state index in [-0.39, 0.29) is 5.75 Å². The molecule has 4 aromatic rings. The fraction of sp³-hybridized carbons (Fsp3) is 0.231. The van der Waals surface area contributed by atoms with Crippen molar-refractivity contribution in [2.75, 3.05) is 31.6 Å². The van der Waals surface area contributed by atoms with Crippen molar-refractivity contribution in [1.29, 1.82) is 0 Å². The minimum absolute atomic E-state index is 0.245. The Morgan fingerprint density at radius 2 is 1.78 bits per heavy atom. The minimum Gasteiger partial charge on any atom is -0.508 e. The number of nitrogens with zero attached hydrogens (tertiary/aromatic N) is 2. The number of phenols is 1. The molecule has 0 bridgehead atoms. The highest BCUT2D eigenvalue weighted by atomic mass is 32.1. The number of rotatable bonds is 5. The predicted octanol–water partition coefficient (Wildman–Crippen LogP) is 5.88. The summed E-state index contributed by atoms with van der Waals surface area (Å²) in [5.41, 5.74) is 5.34. The molecule has 3 heterocycles. The van der Waals surface area contributed by atoms with Crippen LogP contribution in [0.2, 0.25) is 0 Å². The number of aliphatic carboxylic acids is 1. The number of carbonyl (C=O) groups is 1. The van der Waals surface area contributed by atoms with Crippen molar-refractivity contribution in [2.24, 2.45) is 0 Å². The zero-order chi connectivity index (χ0) is 26.4. The van der Waals surface area contributed by atoms with Gasteiger partial charge in [0.25, 0.3) is 0 Å². The Morgan fingerprint density at radius 3 is 2.43 bits per heavy atom. The first kappa shape index (κ1) is 26.4. The number of hydrogen-bond acceptors (Lipinski definition) is 7. The van der Waals surface area contributed by atoms with E-state index in [1.807, 2.05) is 24.4 Å². The first-order chi connectivity index (χ1) is 17.7. The van der Waals surface area contributed by atoms with Crippen LogP contribution in [0.3, 0.4) is 0 Å². The van der Waals surface area contributed by atoms with Crippen LogP contribution in [0.4, 0.5) is 24.5 Å². The Kier molecular flexibility index (Phi) is 8.27. The van der Waals surface area contributed by atoms with Crippen molar-refractivity contribution in [2.45, 2.75) is 12.7 Å². The van der Waals surface area contributed by atoms with Gasteiger partial charge in [-0.25, -0.2) is 4.79 Å². The molecule has 37 heavy (non-hydrogen) atoms. The number of anilines is 2. The van der Waals surface area contributed by atoms with E-state index in [1.54, 1.807) is 23.5 Å². The number of aromatic nitrogens is 1. The van der Waals surface area contributed by atoms with Crippen molar-refractivity contribution in [3.05, 3.63) is 72.4 Å². The molecule has 5 rings (SSSR count). The van der Waals surface area contributed by atoms with Crippen LogP contribution < -0.4 is 5.32 Å². The normalized spacial score (nSPS) is 14.1. The molecule has 3 N–H and O–H groups in total. The van der Waals surface area contributed by atoms with Crippen LogP contribution in [0.5, 0.6) is 5.75 Å². The van der Waals surface area contributed by atoms with Crippen molar-refractivity contribution in [3.8, 4) is 16.2 Å². The van der Waals surface area contributed by atoms with Gasteiger partial charge < -0.3 is 20.3 Å². The first-order valence-electron chi connectivity index (χ1n) is 11.3. The number of carboxylic acids is 1. The quantitative estimate of drug-likeness (QED) is 0.296. The maximum absolute atomic E-state index is 10.6. The van der Waals surface area contributed by atoms with Gasteiger partial charge in [0.1, 0.15) is 5.75 Å². The van der Waals surface area contributed by atoms with Crippen LogP contribution in [0.25, 0.3) is 20.7 Å². The number of alkyl halides is 3. The molecule has 0 amide bonds. The SMILES string of the molecule is O=C(O)C(F)(F)F.Oc1cccc(Nc2ccnc3cc(-c4ccc(CN5CCOCC5)cc4)sc23)c1. The van der Waals surface area contributed by atoms with E-state index in [4.69, 9.17) is 14.6 Å². The molecule has 7 nitrogen and oxygen atoms in total. The van der Waals surface area contributed by atoms with Gasteiger partial charge in [-0.15, -0.1) is 11.3 Å². The molecule has 0 aliphatic carbocycles. The molecular weight excluding hydrogens is 507 g/mol. The molecule has 194 valence electrons. The molecule has 1 fully saturated rings. The van der Waals surface area contributed by atoms with E-state index in [9.17, 15) is 18.3 Å². The second-order valence-corrected chi connectivity index (χ2v) is 9.30. The molecule has 1 saturated heterocycles. The summed E-state index contributed by atoms with van der Waals surface area (Å²) < 4.78 is 38.3. The third-order valence-electron chi connectivity index (χ3n) is 5.53. The number of nitrogens with one attached hydrogen (secondary N) is 1. The molecule has 0 atom stereocenters. The lowest BCUT2D eigenvalue weighted by Gasteiger charge is -2.26. The first-order valence-corrected chi connectivity index (χ1v) is 12.1. The molecule has 11 heteroatoms. The van der Waals surface area contributed by atoms with Crippen LogP contribution in [-0.4, -0.2) is 58.5 Å². The highest BCUT2D eigenvalue weighted by molar-refractivity contribution is 7.22. The summed E-state index contributed by atoms with van der Waals surface area (Å²) in [4.78, 5) is 17.1. The fourth-order valence-corrected chi connectivity index (χ4v) is 4.80. The third kappa shape index (κ3) is 7.19. The summed E-state index contributed by atoms with van der Waals surface area (Å²) >= 11 is 1.73. The van der Waals surface area contributed by atoms with Crippen molar-refractivity contribution in [3.63, 3.8) is 0 Å². The van der Waals surface area contributed by atoms with Gasteiger partial charge in [-0.1, -0.05) is 30.3 Å². The lowest BCUT2D eigenvalue weighted by Crippen LogP contribution is -2.35. The monoisotopic (exact) mass is 531 g/mol. The van der Waals surface area contributed by atoms with Gasteiger partial charge in [0.15, 0.2) is 0 Å². The highest BCUT2D eigenvalue weighted by Crippen LogP contribution is 2.37. The van der Waals surface area contributed by atoms with Gasteiger partial charge in [0.2, 0.25) is 0 Å². The average Bonchev–Trinajstić information content (AvgIpc) is 3.31. The molecule has 0 spiro atoms. The lowest BCUT2D eigenvalue weighted by molar-refractivity contribution is -0.192. The van der Waals surface area contributed by atoms with Crippen LogP contribution in [-0.2, 0) is 16.1 Å². The Morgan fingerprint density at radius 1 is 1.08 bits per heavy atom. The molecule has 1 aliphatic rings. The second kappa shape index (κ2) is 11.6. The zero-order valence-corrected chi connectivity index (χ0v) is 20.4. The summed E-state index contributed by atoms with van der Waals surface area (Å²) in [5, 5.41) is 20.3. The molecular formula is C26H24F3N3O4S. The van der Waals surface area contributed by atoms with Gasteiger partial charge in [0.05, 0.1) is 29.1 Å². The maximum Gasteiger partial charge on any atom is 0.490 e. The summed E-state index contributed by atoms with van der Waals surface area (Å²) in [6.07, 6.45) is -3.27. The van der Waals surface area contributed by atoms with Gasteiger partial charge >= 0.3 is 12.1 Å². The second-order valence-electron chi connectivity index (χ2n) is 8.25. The summed E-state index contributed by atoms with van der Waals surface area (Å²) in [6.45, 7) is 4.62. The van der Waals surface area contributed by atoms with Crippen LogP contribution in [0, 0.1) is 0 Å². The van der Waals surface area contributed by atoms with Crippen LogP contribution in [0.15, 0.2) is 66.9 Å². The molecule has 0 radical (unpaired) electrons. The summed E-state index contributed by atoms with van der Waals surface area (Å²) in [6, 6.07) is 20.1. The van der Waals surface area contributed by atoms with Gasteiger partial charge in [-0.05, 0) is 35.4 Å². The van der Waals surface area contributed by atoms with Crippen molar-refractivity contribution < 1.29 is 32.9 Å². The van der Waals surface area contributed by atoms with Crippen molar-refractivity contribution in [1.82, 2.24) is 9.88 Å². The van der Waals surface area contributed by atoms with E-state index in [0.717, 1.165) is 54.4 Å². The summed E-state index contributed by atoms with van der Waals surface area (Å²) in [7, 11) is 0. The number of pyridine rings is 1. The Balaban J connectivity index is 0.000000405. The number of carboxylic acid groups (broad SMARTS) is 1. The third-order valence-corrected chi connectivity index (χ3v) is 6.73. The van der Waals surface area contributed by atoms with E-state index >= 15 is 0 Å². The number of benzene rings is 2. The standard InChI is InChI=1S/C24H23N3O2S.C2HF3O2/c28-20-3-1-2-19(14-20)26-21-8-9-25-22-15-23(30-24(21)22)18-6-4-17(5-7-18)16-27-10-12-29-13-11-27;3-2(4,5)1(6)7/h1-9,14-15,28H,10-13,16H2,(H,25,26);(H,6,7). The van der Waals surface area contributed by atoms with Gasteiger partial charge in [0, 0.05) is 42.5 Å². The van der Waals surface area contributed by atoms with Crippen LogP contribution in [0.1, 0.15) is 5.56 Å². The number of ether oxygens (including phenoxy) is 1. The smallest absolute Gasteiger partial charge is 0.490 e. The zero-order valence-electron chi connectivity index (χ0n) is 19.5. The van der Waals surface area contributed by atoms with Crippen molar-refractivity contribution >= 4 is 38.9 Å². The Labute approximate surface area is 214 Å². The Bertz CT molecular complexity index is 1350. The number of hydrogen-bond donors (Lipinski definition) is 3. The predicted molar refractivity (Wildman–Crippen MR) is 136 cm³/mol. The fourth-order valence-electron chi connectivity index (χ4n) is 3.71. The number of phenolic OH excluding ortho intramolecular Hbond substituents is 1. The average molecular weight is 532 g/mol. The number of aromatic hydroxyl groups is 1. The minimum atomic E-state index is -5.08. The molecule has 0 unspecified atom stereocenters. The molecule has 1 aliphatic heterocycles. The lowest BCUT2D eigenvalue weighted by atomic mass is 10.1. The number of thiophene rings is 1. The number of fused-ring (bicyclic) bond motifs is 1. The van der Waals surface area contributed by atoms with E-state index in [1.165, 1.54) is 16.0 Å². The van der Waals surface area contributed by atoms with E-state index < -0.39 is 12.1 Å². The largest absolute Gasteiger partial charge is 0.508 e. The Hall–Kier alpha value is -3.67. The molecule has 0 saturated carbocycles. The van der Waals surface area contributed by atoms with Gasteiger partial charge in [-0.3, -0.25) is 9.88 Å². The number of morpholine rings is 1. The highest BCUT2D eigenvalue weighted by Gasteiger charge is 2.38. The maximum atomic E-state index is 10.6. The summed E-state index contributed by atoms with van der Waals surface area (Å²) in [5.74, 6) is -2.51. The van der Waals surface area contributed by atoms with Crippen LogP contribution >= 0.6 is 11.3 Å². The molecule has 2 aromatic carbocycles. The van der Waals surface area contributed by atoms with E-state index in [2.05, 4.69) is 45.5 Å². The topological polar surface area (TPSA) is 94.9 Å². The number of halogens is 3. The van der Waals surface area contributed by atoms with E-state index in [0.29, 0.717) is 0 Å². The van der Waals surface area contributed by atoms with Gasteiger partial charge in [-0.2, -0.15) is 13.2 Å². The molecule has 2 aromatic heterocycles.